The van der Waals surface area contributed by atoms with Crippen LogP contribution in [-0.2, 0) is 6.42 Å². The summed E-state index contributed by atoms with van der Waals surface area (Å²) in [7, 11) is 0. The van der Waals surface area contributed by atoms with Gasteiger partial charge in [0.15, 0.2) is 0 Å². The van der Waals surface area contributed by atoms with Crippen LogP contribution in [0.4, 0.5) is 0 Å². The number of nitrogens with zero attached hydrogens (tertiary/aromatic N) is 3. The summed E-state index contributed by atoms with van der Waals surface area (Å²) in [6.07, 6.45) is 3.03. The molecular weight excluding hydrogens is 188 g/mol. The van der Waals surface area contributed by atoms with Crippen LogP contribution < -0.4 is 0 Å². The lowest BCUT2D eigenvalue weighted by atomic mass is 10.0. The second-order valence-electron chi connectivity index (χ2n) is 3.35. The SMILES string of the molecule is [CH2]CCCc1ccccc1-c1nn[nH]n1. The van der Waals surface area contributed by atoms with Gasteiger partial charge in [0, 0.05) is 5.56 Å². The summed E-state index contributed by atoms with van der Waals surface area (Å²) < 4.78 is 0. The molecular formula is C11H13N4. The molecule has 2 rings (SSSR count). The predicted molar refractivity (Wildman–Crippen MR) is 57.9 cm³/mol. The molecule has 4 nitrogen and oxygen atoms in total. The normalized spacial score (nSPS) is 10.5. The molecule has 0 spiro atoms. The van der Waals surface area contributed by atoms with E-state index < -0.39 is 0 Å². The molecule has 0 saturated heterocycles. The average Bonchev–Trinajstić information content (AvgIpc) is 2.80. The van der Waals surface area contributed by atoms with Crippen LogP contribution in [0.2, 0.25) is 0 Å². The molecule has 77 valence electrons. The van der Waals surface area contributed by atoms with E-state index >= 15 is 0 Å². The van der Waals surface area contributed by atoms with Gasteiger partial charge in [-0.25, -0.2) is 0 Å². The van der Waals surface area contributed by atoms with Crippen LogP contribution in [0.1, 0.15) is 18.4 Å². The van der Waals surface area contributed by atoms with E-state index in [0.717, 1.165) is 24.8 Å². The zero-order valence-electron chi connectivity index (χ0n) is 8.48. The maximum Gasteiger partial charge on any atom is 0.204 e. The monoisotopic (exact) mass is 201 g/mol. The van der Waals surface area contributed by atoms with Gasteiger partial charge in [-0.3, -0.25) is 0 Å². The number of H-pyrrole nitrogens is 1. The highest BCUT2D eigenvalue weighted by molar-refractivity contribution is 5.59. The van der Waals surface area contributed by atoms with E-state index in [4.69, 9.17) is 0 Å². The van der Waals surface area contributed by atoms with E-state index in [2.05, 4.69) is 33.6 Å². The van der Waals surface area contributed by atoms with Crippen LogP contribution in [0.5, 0.6) is 0 Å². The Balaban J connectivity index is 2.30. The number of tetrazole rings is 1. The molecule has 0 fully saturated rings. The second-order valence-corrected chi connectivity index (χ2v) is 3.35. The van der Waals surface area contributed by atoms with E-state index in [-0.39, 0.29) is 0 Å². The van der Waals surface area contributed by atoms with Gasteiger partial charge in [0.25, 0.3) is 0 Å². The molecule has 1 radical (unpaired) electrons. The lowest BCUT2D eigenvalue weighted by molar-refractivity contribution is 0.841. The molecule has 0 atom stereocenters. The Hall–Kier alpha value is -1.71. The summed E-state index contributed by atoms with van der Waals surface area (Å²) in [5, 5.41) is 14.0. The summed E-state index contributed by atoms with van der Waals surface area (Å²) in [4.78, 5) is 0. The van der Waals surface area contributed by atoms with Crippen LogP contribution in [-0.4, -0.2) is 20.6 Å². The molecule has 1 heterocycles. The molecule has 1 aromatic heterocycles. The molecule has 15 heavy (non-hydrogen) atoms. The Labute approximate surface area is 88.7 Å². The van der Waals surface area contributed by atoms with Crippen molar-refractivity contribution in [2.24, 2.45) is 0 Å². The highest BCUT2D eigenvalue weighted by Crippen LogP contribution is 2.20. The minimum atomic E-state index is 0.662. The van der Waals surface area contributed by atoms with Gasteiger partial charge < -0.3 is 0 Å². The van der Waals surface area contributed by atoms with E-state index in [9.17, 15) is 0 Å². The third kappa shape index (κ3) is 2.21. The molecule has 0 unspecified atom stereocenters. The molecule has 0 amide bonds. The van der Waals surface area contributed by atoms with Crippen molar-refractivity contribution in [3.05, 3.63) is 36.8 Å². The fraction of sp³-hybridized carbons (Fsp3) is 0.273. The van der Waals surface area contributed by atoms with Gasteiger partial charge in [-0.1, -0.05) is 37.6 Å². The van der Waals surface area contributed by atoms with E-state index in [1.54, 1.807) is 0 Å². The quantitative estimate of drug-likeness (QED) is 0.823. The number of aromatic amines is 1. The van der Waals surface area contributed by atoms with Crippen molar-refractivity contribution in [1.82, 2.24) is 20.6 Å². The number of aryl methyl sites for hydroxylation is 1. The first-order valence-corrected chi connectivity index (χ1v) is 5.03. The minimum absolute atomic E-state index is 0.662. The van der Waals surface area contributed by atoms with Crippen LogP contribution in [0, 0.1) is 6.92 Å². The number of unbranched alkanes of at least 4 members (excludes halogenated alkanes) is 1. The van der Waals surface area contributed by atoms with Gasteiger partial charge >= 0.3 is 0 Å². The average molecular weight is 201 g/mol. The fourth-order valence-electron chi connectivity index (χ4n) is 1.55. The minimum Gasteiger partial charge on any atom is -0.177 e. The number of hydrogen-bond donors (Lipinski definition) is 1. The van der Waals surface area contributed by atoms with E-state index in [1.807, 2.05) is 18.2 Å². The Morgan fingerprint density at radius 3 is 2.87 bits per heavy atom. The fourth-order valence-corrected chi connectivity index (χ4v) is 1.55. The van der Waals surface area contributed by atoms with Gasteiger partial charge in [-0.05, 0) is 23.6 Å². The van der Waals surface area contributed by atoms with Gasteiger partial charge in [0.2, 0.25) is 5.82 Å². The molecule has 0 aliphatic heterocycles. The summed E-state index contributed by atoms with van der Waals surface area (Å²) in [5.74, 6) is 0.662. The summed E-state index contributed by atoms with van der Waals surface area (Å²) in [6, 6.07) is 8.13. The molecule has 0 aliphatic carbocycles. The number of hydrogen-bond acceptors (Lipinski definition) is 3. The number of aromatic nitrogens is 4. The van der Waals surface area contributed by atoms with Gasteiger partial charge in [-0.15, -0.1) is 10.2 Å². The standard InChI is InChI=1S/C11H13N4/c1-2-3-6-9-7-4-5-8-10(9)11-12-14-15-13-11/h4-5,7-8H,1-3,6H2,(H,12,13,14,15). The van der Waals surface area contributed by atoms with Crippen molar-refractivity contribution >= 4 is 0 Å². The van der Waals surface area contributed by atoms with Crippen molar-refractivity contribution in [2.75, 3.05) is 0 Å². The Bertz CT molecular complexity index is 408. The number of rotatable bonds is 4. The van der Waals surface area contributed by atoms with Gasteiger partial charge in [0.05, 0.1) is 0 Å². The lowest BCUT2D eigenvalue weighted by Crippen LogP contribution is -1.91. The predicted octanol–water partition coefficient (Wildman–Crippen LogP) is 2.02. The smallest absolute Gasteiger partial charge is 0.177 e. The van der Waals surface area contributed by atoms with E-state index in [1.165, 1.54) is 5.56 Å². The largest absolute Gasteiger partial charge is 0.204 e. The first-order chi connectivity index (χ1) is 7.42. The van der Waals surface area contributed by atoms with E-state index in [0.29, 0.717) is 5.82 Å². The van der Waals surface area contributed by atoms with Crippen molar-refractivity contribution in [1.29, 1.82) is 0 Å². The molecule has 1 aromatic carbocycles. The third-order valence-corrected chi connectivity index (χ3v) is 2.30. The second kappa shape index (κ2) is 4.68. The Morgan fingerprint density at radius 1 is 1.27 bits per heavy atom. The van der Waals surface area contributed by atoms with Crippen LogP contribution in [0.3, 0.4) is 0 Å². The number of nitrogens with one attached hydrogen (secondary N) is 1. The first kappa shape index (κ1) is 9.83. The maximum atomic E-state index is 3.99. The summed E-state index contributed by atoms with van der Waals surface area (Å²) in [5.41, 5.74) is 2.31. The van der Waals surface area contributed by atoms with Crippen molar-refractivity contribution in [3.8, 4) is 11.4 Å². The maximum absolute atomic E-state index is 3.99. The Kier molecular flexibility index (Phi) is 3.07. The van der Waals surface area contributed by atoms with Crippen molar-refractivity contribution in [2.45, 2.75) is 19.3 Å². The summed E-state index contributed by atoms with van der Waals surface area (Å²) in [6.45, 7) is 3.84. The van der Waals surface area contributed by atoms with Crippen molar-refractivity contribution in [3.63, 3.8) is 0 Å². The number of benzene rings is 1. The zero-order valence-corrected chi connectivity index (χ0v) is 8.48. The molecule has 4 heteroatoms. The van der Waals surface area contributed by atoms with Gasteiger partial charge in [0.1, 0.15) is 0 Å². The molecule has 2 aromatic rings. The molecule has 0 aliphatic rings. The van der Waals surface area contributed by atoms with Gasteiger partial charge in [-0.2, -0.15) is 5.21 Å². The highest BCUT2D eigenvalue weighted by atomic mass is 15.5. The lowest BCUT2D eigenvalue weighted by Gasteiger charge is -2.04. The molecule has 0 bridgehead atoms. The van der Waals surface area contributed by atoms with Crippen LogP contribution in [0.25, 0.3) is 11.4 Å². The van der Waals surface area contributed by atoms with Crippen molar-refractivity contribution < 1.29 is 0 Å². The highest BCUT2D eigenvalue weighted by Gasteiger charge is 2.07. The molecule has 1 N–H and O–H groups in total. The van der Waals surface area contributed by atoms with Crippen LogP contribution >= 0.6 is 0 Å². The topological polar surface area (TPSA) is 54.5 Å². The third-order valence-electron chi connectivity index (χ3n) is 2.30. The Morgan fingerprint density at radius 2 is 2.13 bits per heavy atom. The summed E-state index contributed by atoms with van der Waals surface area (Å²) >= 11 is 0. The molecule has 0 saturated carbocycles. The van der Waals surface area contributed by atoms with Crippen LogP contribution in [0.15, 0.2) is 24.3 Å². The first-order valence-electron chi connectivity index (χ1n) is 5.03. The zero-order chi connectivity index (χ0) is 10.5.